The maximum absolute atomic E-state index is 11.8. The van der Waals surface area contributed by atoms with Crippen LogP contribution in [-0.2, 0) is 9.53 Å². The quantitative estimate of drug-likeness (QED) is 0.728. The molecule has 1 N–H and O–H groups in total. The normalized spacial score (nSPS) is 24.1. The molecule has 2 rings (SSSR count). The van der Waals surface area contributed by atoms with E-state index >= 15 is 0 Å². The Kier molecular flexibility index (Phi) is 4.80. The lowest BCUT2D eigenvalue weighted by Gasteiger charge is -2.31. The van der Waals surface area contributed by atoms with Crippen molar-refractivity contribution in [1.29, 1.82) is 0 Å². The summed E-state index contributed by atoms with van der Waals surface area (Å²) >= 11 is 0. The predicted molar refractivity (Wildman–Crippen MR) is 66.8 cm³/mol. The summed E-state index contributed by atoms with van der Waals surface area (Å²) in [6.45, 7) is 6.40. The SMILES string of the molecule is CC(C(=O)OCCC1CCC1)N1CCNCC1. The van der Waals surface area contributed by atoms with Crippen molar-refractivity contribution in [3.05, 3.63) is 0 Å². The zero-order valence-electron chi connectivity index (χ0n) is 10.8. The van der Waals surface area contributed by atoms with Gasteiger partial charge in [0.05, 0.1) is 6.61 Å². The van der Waals surface area contributed by atoms with Gasteiger partial charge >= 0.3 is 5.97 Å². The minimum atomic E-state index is -0.0847. The van der Waals surface area contributed by atoms with Crippen LogP contribution in [0.3, 0.4) is 0 Å². The van der Waals surface area contributed by atoms with E-state index in [9.17, 15) is 4.79 Å². The minimum Gasteiger partial charge on any atom is -0.465 e. The second-order valence-corrected chi connectivity index (χ2v) is 5.22. The van der Waals surface area contributed by atoms with Crippen LogP contribution in [0.2, 0.25) is 0 Å². The Morgan fingerprint density at radius 3 is 2.71 bits per heavy atom. The van der Waals surface area contributed by atoms with Crippen LogP contribution in [0.1, 0.15) is 32.6 Å². The molecule has 0 amide bonds. The lowest BCUT2D eigenvalue weighted by molar-refractivity contribution is -0.150. The summed E-state index contributed by atoms with van der Waals surface area (Å²) in [5.74, 6) is 0.767. The van der Waals surface area contributed by atoms with Gasteiger partial charge in [0.15, 0.2) is 0 Å². The van der Waals surface area contributed by atoms with E-state index < -0.39 is 0 Å². The summed E-state index contributed by atoms with van der Waals surface area (Å²) in [6.07, 6.45) is 5.06. The molecule has 1 saturated heterocycles. The highest BCUT2D eigenvalue weighted by Crippen LogP contribution is 2.29. The maximum atomic E-state index is 11.8. The molecule has 0 aromatic carbocycles. The number of piperazine rings is 1. The van der Waals surface area contributed by atoms with Gasteiger partial charge < -0.3 is 10.1 Å². The molecule has 1 atom stereocenters. The Bertz CT molecular complexity index is 248. The molecule has 1 aliphatic carbocycles. The molecule has 0 radical (unpaired) electrons. The van der Waals surface area contributed by atoms with Crippen LogP contribution < -0.4 is 5.32 Å². The predicted octanol–water partition coefficient (Wildman–Crippen LogP) is 1.01. The Balaban J connectivity index is 1.63. The molecule has 0 aromatic rings. The molecule has 4 heteroatoms. The molecule has 1 heterocycles. The van der Waals surface area contributed by atoms with E-state index in [1.165, 1.54) is 19.3 Å². The van der Waals surface area contributed by atoms with Crippen LogP contribution in [0.4, 0.5) is 0 Å². The first kappa shape index (κ1) is 12.8. The Morgan fingerprint density at radius 2 is 2.12 bits per heavy atom. The van der Waals surface area contributed by atoms with Crippen molar-refractivity contribution >= 4 is 5.97 Å². The summed E-state index contributed by atoms with van der Waals surface area (Å²) in [7, 11) is 0. The average molecular weight is 240 g/mol. The Hall–Kier alpha value is -0.610. The zero-order valence-corrected chi connectivity index (χ0v) is 10.8. The molecule has 0 spiro atoms. The lowest BCUT2D eigenvalue weighted by atomic mass is 9.83. The van der Waals surface area contributed by atoms with E-state index in [2.05, 4.69) is 10.2 Å². The number of hydrogen-bond acceptors (Lipinski definition) is 4. The summed E-state index contributed by atoms with van der Waals surface area (Å²) in [4.78, 5) is 14.0. The number of nitrogens with one attached hydrogen (secondary N) is 1. The van der Waals surface area contributed by atoms with Crippen LogP contribution in [0.25, 0.3) is 0 Å². The summed E-state index contributed by atoms with van der Waals surface area (Å²) < 4.78 is 5.36. The van der Waals surface area contributed by atoms with Crippen molar-refractivity contribution < 1.29 is 9.53 Å². The minimum absolute atomic E-state index is 0.0498. The van der Waals surface area contributed by atoms with E-state index in [4.69, 9.17) is 4.74 Å². The number of carbonyl (C=O) groups excluding carboxylic acids is 1. The highest BCUT2D eigenvalue weighted by Gasteiger charge is 2.24. The van der Waals surface area contributed by atoms with Gasteiger partial charge in [-0.15, -0.1) is 0 Å². The molecule has 1 saturated carbocycles. The van der Waals surface area contributed by atoms with Gasteiger partial charge in [0, 0.05) is 26.2 Å². The van der Waals surface area contributed by atoms with E-state index in [-0.39, 0.29) is 12.0 Å². The monoisotopic (exact) mass is 240 g/mol. The molecular formula is C13H24N2O2. The fourth-order valence-electron chi connectivity index (χ4n) is 2.45. The fourth-order valence-corrected chi connectivity index (χ4v) is 2.45. The van der Waals surface area contributed by atoms with Gasteiger partial charge in [-0.2, -0.15) is 0 Å². The molecule has 98 valence electrons. The van der Waals surface area contributed by atoms with Gasteiger partial charge in [-0.25, -0.2) is 0 Å². The number of rotatable bonds is 5. The standard InChI is InChI=1S/C13H24N2O2/c1-11(15-8-6-14-7-9-15)13(16)17-10-5-12-3-2-4-12/h11-12,14H,2-10H2,1H3. The maximum Gasteiger partial charge on any atom is 0.323 e. The largest absolute Gasteiger partial charge is 0.465 e. The van der Waals surface area contributed by atoms with E-state index in [1.807, 2.05) is 6.92 Å². The van der Waals surface area contributed by atoms with Crippen molar-refractivity contribution in [1.82, 2.24) is 10.2 Å². The van der Waals surface area contributed by atoms with Gasteiger partial charge in [-0.3, -0.25) is 9.69 Å². The third kappa shape index (κ3) is 3.68. The first-order valence-corrected chi connectivity index (χ1v) is 6.89. The van der Waals surface area contributed by atoms with E-state index in [1.54, 1.807) is 0 Å². The van der Waals surface area contributed by atoms with E-state index in [0.29, 0.717) is 6.61 Å². The summed E-state index contributed by atoms with van der Waals surface area (Å²) in [5.41, 5.74) is 0. The number of carbonyl (C=O) groups is 1. The van der Waals surface area contributed by atoms with Gasteiger partial charge in [-0.1, -0.05) is 19.3 Å². The van der Waals surface area contributed by atoms with Gasteiger partial charge in [0.25, 0.3) is 0 Å². The molecule has 0 bridgehead atoms. The van der Waals surface area contributed by atoms with Crippen molar-refractivity contribution in [2.75, 3.05) is 32.8 Å². The van der Waals surface area contributed by atoms with Crippen LogP contribution in [0.15, 0.2) is 0 Å². The highest BCUT2D eigenvalue weighted by atomic mass is 16.5. The van der Waals surface area contributed by atoms with Crippen LogP contribution in [0, 0.1) is 5.92 Å². The first-order valence-electron chi connectivity index (χ1n) is 6.89. The molecule has 4 nitrogen and oxygen atoms in total. The number of nitrogens with zero attached hydrogens (tertiary/aromatic N) is 1. The number of ether oxygens (including phenoxy) is 1. The highest BCUT2D eigenvalue weighted by molar-refractivity contribution is 5.75. The van der Waals surface area contributed by atoms with Crippen molar-refractivity contribution in [3.8, 4) is 0 Å². The molecule has 17 heavy (non-hydrogen) atoms. The third-order valence-electron chi connectivity index (χ3n) is 4.04. The molecule has 0 aromatic heterocycles. The number of esters is 1. The third-order valence-corrected chi connectivity index (χ3v) is 4.04. The van der Waals surface area contributed by atoms with Gasteiger partial charge in [-0.05, 0) is 19.3 Å². The van der Waals surface area contributed by atoms with Crippen LogP contribution in [-0.4, -0.2) is 49.7 Å². The second-order valence-electron chi connectivity index (χ2n) is 5.22. The Morgan fingerprint density at radius 1 is 1.41 bits per heavy atom. The summed E-state index contributed by atoms with van der Waals surface area (Å²) in [5, 5.41) is 3.29. The smallest absolute Gasteiger partial charge is 0.323 e. The fraction of sp³-hybridized carbons (Fsp3) is 0.923. The number of hydrogen-bond donors (Lipinski definition) is 1. The molecular weight excluding hydrogens is 216 g/mol. The van der Waals surface area contributed by atoms with Crippen molar-refractivity contribution in [2.24, 2.45) is 5.92 Å². The summed E-state index contributed by atoms with van der Waals surface area (Å²) in [6, 6.07) is -0.0847. The molecule has 2 fully saturated rings. The molecule has 2 aliphatic rings. The second kappa shape index (κ2) is 6.36. The van der Waals surface area contributed by atoms with Gasteiger partial charge in [0.1, 0.15) is 6.04 Å². The topological polar surface area (TPSA) is 41.6 Å². The first-order chi connectivity index (χ1) is 8.27. The zero-order chi connectivity index (χ0) is 12.1. The lowest BCUT2D eigenvalue weighted by Crippen LogP contribution is -2.50. The van der Waals surface area contributed by atoms with Crippen LogP contribution >= 0.6 is 0 Å². The van der Waals surface area contributed by atoms with Gasteiger partial charge in [0.2, 0.25) is 0 Å². The van der Waals surface area contributed by atoms with Crippen molar-refractivity contribution in [2.45, 2.75) is 38.6 Å². The molecule has 1 aliphatic heterocycles. The van der Waals surface area contributed by atoms with Crippen molar-refractivity contribution in [3.63, 3.8) is 0 Å². The van der Waals surface area contributed by atoms with E-state index in [0.717, 1.165) is 38.5 Å². The Labute approximate surface area is 104 Å². The van der Waals surface area contributed by atoms with Crippen LogP contribution in [0.5, 0.6) is 0 Å². The average Bonchev–Trinajstić information content (AvgIpc) is 2.32. The molecule has 1 unspecified atom stereocenters.